The summed E-state index contributed by atoms with van der Waals surface area (Å²) in [5.74, 6) is 1.68. The minimum atomic E-state index is 0.291. The van der Waals surface area contributed by atoms with Crippen molar-refractivity contribution in [3.05, 3.63) is 18.0 Å². The van der Waals surface area contributed by atoms with E-state index in [2.05, 4.69) is 28.4 Å². The first-order valence-corrected chi connectivity index (χ1v) is 9.94. The normalized spacial score (nSPS) is 23.8. The molecule has 0 radical (unpaired) electrons. The van der Waals surface area contributed by atoms with Gasteiger partial charge in [0.1, 0.15) is 0 Å². The van der Waals surface area contributed by atoms with E-state index in [0.717, 1.165) is 51.5 Å². The molecule has 0 saturated carbocycles. The summed E-state index contributed by atoms with van der Waals surface area (Å²) in [6.07, 6.45) is 8.97. The molecule has 2 aliphatic rings. The van der Waals surface area contributed by atoms with E-state index in [-0.39, 0.29) is 0 Å². The van der Waals surface area contributed by atoms with Crippen molar-refractivity contribution >= 4 is 5.96 Å². The van der Waals surface area contributed by atoms with Crippen LogP contribution < -0.4 is 5.32 Å². The van der Waals surface area contributed by atoms with Crippen molar-refractivity contribution in [3.8, 4) is 0 Å². The van der Waals surface area contributed by atoms with Crippen molar-refractivity contribution in [1.29, 1.82) is 0 Å². The van der Waals surface area contributed by atoms with Crippen LogP contribution in [0.2, 0.25) is 0 Å². The summed E-state index contributed by atoms with van der Waals surface area (Å²) in [5.41, 5.74) is 1.32. The Morgan fingerprint density at radius 1 is 1.46 bits per heavy atom. The fourth-order valence-corrected chi connectivity index (χ4v) is 3.73. The summed E-state index contributed by atoms with van der Waals surface area (Å²) in [6, 6.07) is 0. The lowest BCUT2D eigenvalue weighted by Gasteiger charge is -2.21. The zero-order valence-electron chi connectivity index (χ0n) is 16.2. The molecule has 3 rings (SSSR count). The predicted molar refractivity (Wildman–Crippen MR) is 102 cm³/mol. The Bertz CT molecular complexity index is 568. The molecule has 0 bridgehead atoms. The molecule has 1 aromatic rings. The van der Waals surface area contributed by atoms with E-state index in [4.69, 9.17) is 14.5 Å². The van der Waals surface area contributed by atoms with E-state index in [1.807, 2.05) is 17.9 Å². The molecule has 2 aliphatic heterocycles. The quantitative estimate of drug-likeness (QED) is 0.430. The van der Waals surface area contributed by atoms with Gasteiger partial charge in [0, 0.05) is 39.5 Å². The molecule has 2 atom stereocenters. The molecule has 26 heavy (non-hydrogen) atoms. The SMILES string of the molecule is CCNC(=NCCOCC1CCCO1)N1CCC(Cc2cnn(C)c2)C1. The van der Waals surface area contributed by atoms with Gasteiger partial charge in [-0.3, -0.25) is 9.67 Å². The maximum Gasteiger partial charge on any atom is 0.194 e. The van der Waals surface area contributed by atoms with Gasteiger partial charge in [0.05, 0.1) is 32.1 Å². The van der Waals surface area contributed by atoms with E-state index >= 15 is 0 Å². The van der Waals surface area contributed by atoms with Crippen molar-refractivity contribution in [3.63, 3.8) is 0 Å². The molecule has 2 unspecified atom stereocenters. The number of guanidine groups is 1. The maximum atomic E-state index is 5.72. The van der Waals surface area contributed by atoms with Gasteiger partial charge in [-0.2, -0.15) is 5.10 Å². The van der Waals surface area contributed by atoms with Crippen LogP contribution in [-0.4, -0.2) is 72.7 Å². The van der Waals surface area contributed by atoms with E-state index in [0.29, 0.717) is 31.8 Å². The van der Waals surface area contributed by atoms with Crippen LogP contribution in [0.1, 0.15) is 31.7 Å². The van der Waals surface area contributed by atoms with Crippen LogP contribution in [0, 0.1) is 5.92 Å². The first-order valence-electron chi connectivity index (χ1n) is 9.94. The van der Waals surface area contributed by atoms with Gasteiger partial charge in [-0.1, -0.05) is 0 Å². The van der Waals surface area contributed by atoms with Crippen LogP contribution in [0.5, 0.6) is 0 Å². The van der Waals surface area contributed by atoms with Crippen molar-refractivity contribution < 1.29 is 9.47 Å². The third-order valence-corrected chi connectivity index (χ3v) is 5.03. The zero-order valence-corrected chi connectivity index (χ0v) is 16.2. The molecule has 0 spiro atoms. The van der Waals surface area contributed by atoms with Crippen LogP contribution >= 0.6 is 0 Å². The van der Waals surface area contributed by atoms with Crippen LogP contribution in [0.25, 0.3) is 0 Å². The molecule has 2 fully saturated rings. The molecule has 146 valence electrons. The number of aryl methyl sites for hydroxylation is 1. The number of hydrogen-bond donors (Lipinski definition) is 1. The maximum absolute atomic E-state index is 5.72. The molecule has 0 aromatic carbocycles. The first-order chi connectivity index (χ1) is 12.7. The van der Waals surface area contributed by atoms with Crippen molar-refractivity contribution in [2.24, 2.45) is 18.0 Å². The van der Waals surface area contributed by atoms with Crippen LogP contribution in [0.4, 0.5) is 0 Å². The number of aliphatic imine (C=N–C) groups is 1. The minimum absolute atomic E-state index is 0.291. The van der Waals surface area contributed by atoms with Gasteiger partial charge in [0.15, 0.2) is 5.96 Å². The Balaban J connectivity index is 1.41. The van der Waals surface area contributed by atoms with Crippen LogP contribution in [0.15, 0.2) is 17.4 Å². The van der Waals surface area contributed by atoms with Gasteiger partial charge >= 0.3 is 0 Å². The molecule has 2 saturated heterocycles. The van der Waals surface area contributed by atoms with Crippen LogP contribution in [0.3, 0.4) is 0 Å². The van der Waals surface area contributed by atoms with E-state index in [9.17, 15) is 0 Å². The number of rotatable bonds is 8. The summed E-state index contributed by atoms with van der Waals surface area (Å²) >= 11 is 0. The van der Waals surface area contributed by atoms with Crippen molar-refractivity contribution in [1.82, 2.24) is 20.0 Å². The Morgan fingerprint density at radius 3 is 3.12 bits per heavy atom. The zero-order chi connectivity index (χ0) is 18.2. The molecule has 0 aliphatic carbocycles. The lowest BCUT2D eigenvalue weighted by molar-refractivity contribution is 0.0199. The summed E-state index contributed by atoms with van der Waals surface area (Å²) in [6.45, 7) is 8.05. The Hall–Kier alpha value is -1.60. The highest BCUT2D eigenvalue weighted by Gasteiger charge is 2.25. The summed E-state index contributed by atoms with van der Waals surface area (Å²) in [4.78, 5) is 7.13. The van der Waals surface area contributed by atoms with Gasteiger partial charge in [-0.15, -0.1) is 0 Å². The molecular formula is C19H33N5O2. The largest absolute Gasteiger partial charge is 0.377 e. The van der Waals surface area contributed by atoms with E-state index in [1.54, 1.807) is 0 Å². The van der Waals surface area contributed by atoms with E-state index in [1.165, 1.54) is 12.0 Å². The number of likely N-dealkylation sites (tertiary alicyclic amines) is 1. The van der Waals surface area contributed by atoms with Crippen molar-refractivity contribution in [2.45, 2.75) is 38.7 Å². The Labute approximate surface area is 156 Å². The van der Waals surface area contributed by atoms with Gasteiger partial charge < -0.3 is 19.7 Å². The number of ether oxygens (including phenoxy) is 2. The fraction of sp³-hybridized carbons (Fsp3) is 0.789. The third-order valence-electron chi connectivity index (χ3n) is 5.03. The second-order valence-electron chi connectivity index (χ2n) is 7.27. The predicted octanol–water partition coefficient (Wildman–Crippen LogP) is 1.45. The van der Waals surface area contributed by atoms with Crippen LogP contribution in [-0.2, 0) is 22.9 Å². The lowest BCUT2D eigenvalue weighted by atomic mass is 10.0. The molecule has 3 heterocycles. The first kappa shape index (κ1) is 19.2. The number of nitrogens with one attached hydrogen (secondary N) is 1. The lowest BCUT2D eigenvalue weighted by Crippen LogP contribution is -2.40. The average molecular weight is 364 g/mol. The highest BCUT2D eigenvalue weighted by atomic mass is 16.5. The second kappa shape index (κ2) is 9.92. The second-order valence-corrected chi connectivity index (χ2v) is 7.27. The molecule has 1 aromatic heterocycles. The topological polar surface area (TPSA) is 63.9 Å². The Kier molecular flexibility index (Phi) is 7.32. The summed E-state index contributed by atoms with van der Waals surface area (Å²) in [5, 5.41) is 7.70. The fourth-order valence-electron chi connectivity index (χ4n) is 3.73. The molecule has 0 amide bonds. The van der Waals surface area contributed by atoms with Gasteiger partial charge in [-0.25, -0.2) is 0 Å². The van der Waals surface area contributed by atoms with Crippen molar-refractivity contribution in [2.75, 3.05) is 46.0 Å². The third kappa shape index (κ3) is 5.71. The van der Waals surface area contributed by atoms with Gasteiger partial charge in [-0.05, 0) is 44.1 Å². The van der Waals surface area contributed by atoms with E-state index < -0.39 is 0 Å². The number of nitrogens with zero attached hydrogens (tertiary/aromatic N) is 4. The standard InChI is InChI=1S/C19H33N5O2/c1-3-20-19(21-7-10-25-15-18-5-4-9-26-18)24-8-6-16(14-24)11-17-12-22-23(2)13-17/h12-13,16,18H,3-11,14-15H2,1-2H3,(H,20,21). The highest BCUT2D eigenvalue weighted by Crippen LogP contribution is 2.20. The monoisotopic (exact) mass is 363 g/mol. The Morgan fingerprint density at radius 2 is 2.38 bits per heavy atom. The molecule has 7 nitrogen and oxygen atoms in total. The molecule has 1 N–H and O–H groups in total. The molecule has 7 heteroatoms. The minimum Gasteiger partial charge on any atom is -0.377 e. The smallest absolute Gasteiger partial charge is 0.194 e. The molecular weight excluding hydrogens is 330 g/mol. The van der Waals surface area contributed by atoms with Gasteiger partial charge in [0.25, 0.3) is 0 Å². The summed E-state index contributed by atoms with van der Waals surface area (Å²) in [7, 11) is 1.97. The van der Waals surface area contributed by atoms with Gasteiger partial charge in [0.2, 0.25) is 0 Å². The summed E-state index contributed by atoms with van der Waals surface area (Å²) < 4.78 is 13.2. The number of hydrogen-bond acceptors (Lipinski definition) is 4. The average Bonchev–Trinajstić information content (AvgIpc) is 3.37. The highest BCUT2D eigenvalue weighted by molar-refractivity contribution is 5.80. The number of aromatic nitrogens is 2.